The second-order valence-electron chi connectivity index (χ2n) is 3.63. The van der Waals surface area contributed by atoms with Crippen LogP contribution in [0.2, 0.25) is 0 Å². The molecule has 74 valence electrons. The molecule has 1 heterocycles. The van der Waals surface area contributed by atoms with Crippen LogP contribution in [0, 0.1) is 0 Å². The number of rotatable bonds is 3. The number of H-pyrrole nitrogens is 1. The van der Waals surface area contributed by atoms with Crippen LogP contribution < -0.4 is 0 Å². The van der Waals surface area contributed by atoms with Gasteiger partial charge in [-0.1, -0.05) is 35.3 Å². The van der Waals surface area contributed by atoms with Gasteiger partial charge < -0.3 is 4.98 Å². The number of aromatic amines is 1. The van der Waals surface area contributed by atoms with Crippen LogP contribution in [0.3, 0.4) is 0 Å². The molecule has 14 heavy (non-hydrogen) atoms. The minimum atomic E-state index is 1.13. The Bertz CT molecular complexity index is 431. The van der Waals surface area contributed by atoms with E-state index in [-0.39, 0.29) is 0 Å². The normalized spacial score (nSPS) is 11.0. The topological polar surface area (TPSA) is 15.8 Å². The number of benzene rings is 1. The van der Waals surface area contributed by atoms with E-state index in [0.29, 0.717) is 0 Å². The van der Waals surface area contributed by atoms with Crippen LogP contribution in [0.4, 0.5) is 0 Å². The van der Waals surface area contributed by atoms with Crippen molar-refractivity contribution in [3.63, 3.8) is 0 Å². The maximum atomic E-state index is 3.47. The third-order valence-corrected chi connectivity index (χ3v) is 2.93. The molecule has 0 saturated heterocycles. The molecule has 0 aliphatic heterocycles. The van der Waals surface area contributed by atoms with Crippen LogP contribution in [0.15, 0.2) is 28.7 Å². The van der Waals surface area contributed by atoms with Crippen molar-refractivity contribution in [2.45, 2.75) is 26.2 Å². The van der Waals surface area contributed by atoms with Crippen molar-refractivity contribution in [1.82, 2.24) is 4.98 Å². The van der Waals surface area contributed by atoms with E-state index in [1.807, 2.05) is 0 Å². The van der Waals surface area contributed by atoms with Gasteiger partial charge in [0.2, 0.25) is 0 Å². The molecule has 2 heteroatoms. The maximum Gasteiger partial charge on any atom is 0.0467 e. The van der Waals surface area contributed by atoms with Gasteiger partial charge in [-0.25, -0.2) is 0 Å². The van der Waals surface area contributed by atoms with Gasteiger partial charge in [-0.15, -0.1) is 0 Å². The summed E-state index contributed by atoms with van der Waals surface area (Å²) in [6.07, 6.45) is 3.66. The van der Waals surface area contributed by atoms with Gasteiger partial charge in [0.05, 0.1) is 0 Å². The van der Waals surface area contributed by atoms with E-state index in [0.717, 1.165) is 10.9 Å². The lowest BCUT2D eigenvalue weighted by molar-refractivity contribution is 0.782. The molecule has 0 saturated carbocycles. The Kier molecular flexibility index (Phi) is 2.92. The van der Waals surface area contributed by atoms with Gasteiger partial charge >= 0.3 is 0 Å². The van der Waals surface area contributed by atoms with E-state index in [1.54, 1.807) is 0 Å². The Labute approximate surface area is 92.6 Å². The number of unbranched alkanes of at least 4 members (excludes halogenated alkanes) is 1. The Morgan fingerprint density at radius 1 is 1.29 bits per heavy atom. The first-order valence-corrected chi connectivity index (χ1v) is 5.86. The van der Waals surface area contributed by atoms with Crippen molar-refractivity contribution >= 4 is 26.8 Å². The van der Waals surface area contributed by atoms with Crippen LogP contribution in [0.5, 0.6) is 0 Å². The number of fused-ring (bicyclic) bond motifs is 1. The van der Waals surface area contributed by atoms with Gasteiger partial charge in [0.1, 0.15) is 0 Å². The second-order valence-corrected chi connectivity index (χ2v) is 4.55. The lowest BCUT2D eigenvalue weighted by Crippen LogP contribution is -1.82. The molecular weight excluding hydrogens is 238 g/mol. The molecule has 2 rings (SSSR count). The van der Waals surface area contributed by atoms with E-state index in [1.165, 1.54) is 29.4 Å². The first-order chi connectivity index (χ1) is 6.79. The van der Waals surface area contributed by atoms with Gasteiger partial charge in [0.25, 0.3) is 0 Å². The van der Waals surface area contributed by atoms with Crippen LogP contribution in [-0.2, 0) is 6.42 Å². The number of hydrogen-bond acceptors (Lipinski definition) is 0. The predicted molar refractivity (Wildman–Crippen MR) is 64.6 cm³/mol. The molecule has 0 atom stereocenters. The highest BCUT2D eigenvalue weighted by molar-refractivity contribution is 9.10. The van der Waals surface area contributed by atoms with Gasteiger partial charge in [-0.05, 0) is 36.4 Å². The third kappa shape index (κ3) is 2.01. The smallest absolute Gasteiger partial charge is 0.0467 e. The summed E-state index contributed by atoms with van der Waals surface area (Å²) in [6, 6.07) is 8.60. The number of halogens is 1. The molecule has 0 spiro atoms. The highest BCUT2D eigenvalue weighted by atomic mass is 79.9. The highest BCUT2D eigenvalue weighted by Crippen LogP contribution is 2.20. The lowest BCUT2D eigenvalue weighted by Gasteiger charge is -1.92. The quantitative estimate of drug-likeness (QED) is 0.839. The molecule has 1 aromatic heterocycles. The standard InChI is InChI=1S/C12H14BrN/c1-2-3-4-11-7-9-5-6-10(13)8-12(9)14-11/h5-8,14H,2-4H2,1H3. The number of hydrogen-bond donors (Lipinski definition) is 1. The molecule has 2 aromatic rings. The molecule has 0 amide bonds. The molecular formula is C12H14BrN. The molecule has 1 aromatic carbocycles. The summed E-state index contributed by atoms with van der Waals surface area (Å²) >= 11 is 3.47. The average molecular weight is 252 g/mol. The number of aromatic nitrogens is 1. The van der Waals surface area contributed by atoms with Crippen molar-refractivity contribution in [2.24, 2.45) is 0 Å². The SMILES string of the molecule is CCCCc1cc2ccc(Br)cc2[nH]1. The average Bonchev–Trinajstić information content (AvgIpc) is 2.56. The van der Waals surface area contributed by atoms with E-state index in [9.17, 15) is 0 Å². The zero-order valence-electron chi connectivity index (χ0n) is 8.31. The van der Waals surface area contributed by atoms with Gasteiger partial charge in [-0.3, -0.25) is 0 Å². The summed E-state index contributed by atoms with van der Waals surface area (Å²) in [5, 5.41) is 1.30. The van der Waals surface area contributed by atoms with Crippen molar-refractivity contribution < 1.29 is 0 Å². The largest absolute Gasteiger partial charge is 0.358 e. The summed E-state index contributed by atoms with van der Waals surface area (Å²) in [5.74, 6) is 0. The molecule has 0 aliphatic carbocycles. The minimum Gasteiger partial charge on any atom is -0.358 e. The van der Waals surface area contributed by atoms with E-state index in [2.05, 4.69) is 52.1 Å². The Balaban J connectivity index is 2.32. The molecule has 1 nitrogen and oxygen atoms in total. The van der Waals surface area contributed by atoms with Crippen LogP contribution in [-0.4, -0.2) is 4.98 Å². The molecule has 0 radical (unpaired) electrons. The van der Waals surface area contributed by atoms with E-state index < -0.39 is 0 Å². The van der Waals surface area contributed by atoms with Gasteiger partial charge in [-0.2, -0.15) is 0 Å². The van der Waals surface area contributed by atoms with Gasteiger partial charge in [0, 0.05) is 15.7 Å². The first-order valence-electron chi connectivity index (χ1n) is 5.07. The summed E-state index contributed by atoms with van der Waals surface area (Å²) in [6.45, 7) is 2.22. The minimum absolute atomic E-state index is 1.13. The fourth-order valence-corrected chi connectivity index (χ4v) is 2.02. The zero-order chi connectivity index (χ0) is 9.97. The van der Waals surface area contributed by atoms with E-state index in [4.69, 9.17) is 0 Å². The maximum absolute atomic E-state index is 3.47. The van der Waals surface area contributed by atoms with Crippen LogP contribution in [0.25, 0.3) is 10.9 Å². The summed E-state index contributed by atoms with van der Waals surface area (Å²) < 4.78 is 1.13. The number of aryl methyl sites for hydroxylation is 1. The van der Waals surface area contributed by atoms with Crippen molar-refractivity contribution in [2.75, 3.05) is 0 Å². The fourth-order valence-electron chi connectivity index (χ4n) is 1.66. The summed E-state index contributed by atoms with van der Waals surface area (Å²) in [5.41, 5.74) is 2.57. The molecule has 0 unspecified atom stereocenters. The third-order valence-electron chi connectivity index (χ3n) is 2.44. The van der Waals surface area contributed by atoms with Crippen LogP contribution >= 0.6 is 15.9 Å². The predicted octanol–water partition coefficient (Wildman–Crippen LogP) is 4.27. The monoisotopic (exact) mass is 251 g/mol. The fraction of sp³-hybridized carbons (Fsp3) is 0.333. The summed E-state index contributed by atoms with van der Waals surface area (Å²) in [7, 11) is 0. The molecule has 0 bridgehead atoms. The van der Waals surface area contributed by atoms with E-state index >= 15 is 0 Å². The van der Waals surface area contributed by atoms with Gasteiger partial charge in [0.15, 0.2) is 0 Å². The first kappa shape index (κ1) is 9.78. The number of nitrogens with one attached hydrogen (secondary N) is 1. The molecule has 0 aliphatic rings. The lowest BCUT2D eigenvalue weighted by atomic mass is 10.2. The Hall–Kier alpha value is -0.760. The highest BCUT2D eigenvalue weighted by Gasteiger charge is 2.00. The van der Waals surface area contributed by atoms with Crippen LogP contribution in [0.1, 0.15) is 25.5 Å². The Morgan fingerprint density at radius 3 is 2.93 bits per heavy atom. The second kappa shape index (κ2) is 4.18. The zero-order valence-corrected chi connectivity index (χ0v) is 9.89. The Morgan fingerprint density at radius 2 is 2.14 bits per heavy atom. The van der Waals surface area contributed by atoms with Crippen molar-refractivity contribution in [3.05, 3.63) is 34.4 Å². The summed E-state index contributed by atoms with van der Waals surface area (Å²) in [4.78, 5) is 3.44. The van der Waals surface area contributed by atoms with Crippen molar-refractivity contribution in [1.29, 1.82) is 0 Å². The van der Waals surface area contributed by atoms with Crippen molar-refractivity contribution in [3.8, 4) is 0 Å². The molecule has 1 N–H and O–H groups in total. The molecule has 0 fully saturated rings.